The third-order valence-corrected chi connectivity index (χ3v) is 2.48. The average molecular weight is 222 g/mol. The van der Waals surface area contributed by atoms with Crippen LogP contribution in [0.1, 0.15) is 22.9 Å². The van der Waals surface area contributed by atoms with Gasteiger partial charge in [-0.25, -0.2) is 5.48 Å². The van der Waals surface area contributed by atoms with Crippen molar-refractivity contribution in [2.45, 2.75) is 13.5 Å². The van der Waals surface area contributed by atoms with E-state index in [1.54, 1.807) is 6.07 Å². The van der Waals surface area contributed by atoms with Gasteiger partial charge < -0.3 is 4.90 Å². The van der Waals surface area contributed by atoms with Gasteiger partial charge in [0.2, 0.25) is 0 Å². The number of fused-ring (bicyclic) bond motifs is 1. The molecule has 0 radical (unpaired) electrons. The van der Waals surface area contributed by atoms with Crippen LogP contribution in [-0.2, 0) is 11.3 Å². The number of rotatable bonds is 2. The monoisotopic (exact) mass is 222 g/mol. The highest BCUT2D eigenvalue weighted by Crippen LogP contribution is 2.23. The molecule has 1 aliphatic heterocycles. The van der Waals surface area contributed by atoms with E-state index >= 15 is 0 Å². The first-order valence-electron chi connectivity index (χ1n) is 5.39. The number of amides is 2. The fourth-order valence-electron chi connectivity index (χ4n) is 1.75. The minimum atomic E-state index is -1.43. The molecule has 5 nitrogen and oxygen atoms in total. The molecule has 1 aromatic carbocycles. The normalized spacial score (nSPS) is 16.8. The van der Waals surface area contributed by atoms with Crippen molar-refractivity contribution in [2.75, 3.05) is 6.52 Å². The first kappa shape index (κ1) is 9.35. The van der Waals surface area contributed by atoms with Gasteiger partial charge in [0, 0.05) is 12.1 Å². The predicted octanol–water partition coefficient (Wildman–Crippen LogP) is 0.456. The van der Waals surface area contributed by atoms with Gasteiger partial charge in [0.25, 0.3) is 11.8 Å². The van der Waals surface area contributed by atoms with Gasteiger partial charge in [-0.15, -0.1) is 0 Å². The first-order valence-corrected chi connectivity index (χ1v) is 4.81. The van der Waals surface area contributed by atoms with Gasteiger partial charge >= 0.3 is 0 Å². The summed E-state index contributed by atoms with van der Waals surface area (Å²) >= 11 is 0. The zero-order chi connectivity index (χ0) is 12.6. The molecule has 5 heteroatoms. The Morgan fingerprint density at radius 3 is 3.12 bits per heavy atom. The van der Waals surface area contributed by atoms with Crippen LogP contribution in [0.15, 0.2) is 18.2 Å². The highest BCUT2D eigenvalue weighted by molar-refractivity contribution is 6.00. The minimum Gasteiger partial charge on any atom is -0.325 e. The van der Waals surface area contributed by atoms with Gasteiger partial charge in [-0.2, -0.15) is 0 Å². The van der Waals surface area contributed by atoms with Crippen molar-refractivity contribution < 1.29 is 16.2 Å². The van der Waals surface area contributed by atoms with Crippen molar-refractivity contribution in [2.24, 2.45) is 0 Å². The number of benzene rings is 1. The van der Waals surface area contributed by atoms with Crippen molar-refractivity contribution in [3.63, 3.8) is 0 Å². The molecule has 0 fully saturated rings. The SMILES string of the molecule is [3H]C(C(=O)NO)N1Cc2cc(C)ccc2C1=O. The number of nitrogens with zero attached hydrogens (tertiary/aromatic N) is 1. The summed E-state index contributed by atoms with van der Waals surface area (Å²) in [5.74, 6) is -1.27. The fraction of sp³-hybridized carbons (Fsp3) is 0.273. The molecule has 1 heterocycles. The van der Waals surface area contributed by atoms with E-state index in [9.17, 15) is 9.59 Å². The molecule has 1 aliphatic rings. The fourth-order valence-corrected chi connectivity index (χ4v) is 1.75. The van der Waals surface area contributed by atoms with Gasteiger partial charge in [-0.05, 0) is 18.6 Å². The Labute approximate surface area is 94.0 Å². The molecule has 1 aromatic rings. The van der Waals surface area contributed by atoms with Gasteiger partial charge in [0.1, 0.15) is 6.52 Å². The highest BCUT2D eigenvalue weighted by atomic mass is 16.5. The van der Waals surface area contributed by atoms with E-state index in [-0.39, 0.29) is 12.5 Å². The van der Waals surface area contributed by atoms with E-state index in [1.165, 1.54) is 5.48 Å². The summed E-state index contributed by atoms with van der Waals surface area (Å²) in [5.41, 5.74) is 3.72. The van der Waals surface area contributed by atoms with E-state index in [0.717, 1.165) is 16.0 Å². The molecule has 0 saturated carbocycles. The second kappa shape index (κ2) is 3.94. The molecule has 1 unspecified atom stereocenters. The van der Waals surface area contributed by atoms with Crippen LogP contribution in [0.25, 0.3) is 0 Å². The summed E-state index contributed by atoms with van der Waals surface area (Å²) in [4.78, 5) is 24.1. The van der Waals surface area contributed by atoms with Gasteiger partial charge in [0.05, 0.1) is 1.37 Å². The van der Waals surface area contributed by atoms with Crippen LogP contribution in [0.5, 0.6) is 0 Å². The van der Waals surface area contributed by atoms with Crippen LogP contribution in [0.3, 0.4) is 0 Å². The topological polar surface area (TPSA) is 69.6 Å². The Bertz CT molecular complexity index is 490. The largest absolute Gasteiger partial charge is 0.325 e. The zero-order valence-corrected chi connectivity index (χ0v) is 8.73. The summed E-state index contributed by atoms with van der Waals surface area (Å²) in [6.07, 6.45) is 0. The second-order valence-corrected chi connectivity index (χ2v) is 3.70. The maximum atomic E-state index is 11.9. The van der Waals surface area contributed by atoms with E-state index in [2.05, 4.69) is 0 Å². The van der Waals surface area contributed by atoms with Crippen LogP contribution in [-0.4, -0.2) is 28.4 Å². The lowest BCUT2D eigenvalue weighted by Crippen LogP contribution is -2.35. The smallest absolute Gasteiger partial charge is 0.262 e. The molecule has 16 heavy (non-hydrogen) atoms. The summed E-state index contributed by atoms with van der Waals surface area (Å²) < 4.78 is 7.57. The molecule has 1 atom stereocenters. The Kier molecular flexibility index (Phi) is 2.30. The van der Waals surface area contributed by atoms with Crippen molar-refractivity contribution in [1.29, 1.82) is 0 Å². The number of carbonyl (C=O) groups excluding carboxylic acids is 2. The molecular formula is C11H12N2O3. The maximum absolute atomic E-state index is 11.9. The summed E-state index contributed by atoms with van der Waals surface area (Å²) in [6.45, 7) is 0.698. The number of hydrogen-bond acceptors (Lipinski definition) is 3. The van der Waals surface area contributed by atoms with Crippen LogP contribution >= 0.6 is 0 Å². The lowest BCUT2D eigenvalue weighted by molar-refractivity contribution is -0.129. The summed E-state index contributed by atoms with van der Waals surface area (Å²) in [7, 11) is 0. The molecule has 0 saturated heterocycles. The third-order valence-electron chi connectivity index (χ3n) is 2.48. The third kappa shape index (κ3) is 1.77. The Balaban J connectivity index is 2.28. The van der Waals surface area contributed by atoms with Gasteiger partial charge in [-0.1, -0.05) is 17.7 Å². The van der Waals surface area contributed by atoms with Crippen LogP contribution in [0.4, 0.5) is 0 Å². The summed E-state index contributed by atoms with van der Waals surface area (Å²) in [6, 6.07) is 5.36. The van der Waals surface area contributed by atoms with Crippen LogP contribution in [0, 0.1) is 6.92 Å². The van der Waals surface area contributed by atoms with Crippen molar-refractivity contribution in [3.8, 4) is 0 Å². The molecule has 0 bridgehead atoms. The number of nitrogens with one attached hydrogen (secondary N) is 1. The lowest BCUT2D eigenvalue weighted by atomic mass is 10.1. The zero-order valence-electron chi connectivity index (χ0n) is 9.73. The first-order chi connectivity index (χ1) is 8.04. The van der Waals surface area contributed by atoms with Crippen molar-refractivity contribution >= 4 is 11.8 Å². The molecule has 0 aliphatic carbocycles. The van der Waals surface area contributed by atoms with Crippen molar-refractivity contribution in [1.82, 2.24) is 10.4 Å². The Morgan fingerprint density at radius 1 is 1.69 bits per heavy atom. The summed E-state index contributed by atoms with van der Waals surface area (Å²) in [5, 5.41) is 8.46. The highest BCUT2D eigenvalue weighted by Gasteiger charge is 2.28. The van der Waals surface area contributed by atoms with E-state index in [0.29, 0.717) is 5.56 Å². The molecule has 0 spiro atoms. The molecule has 84 valence electrons. The van der Waals surface area contributed by atoms with Crippen LogP contribution < -0.4 is 5.48 Å². The molecule has 2 N–H and O–H groups in total. The maximum Gasteiger partial charge on any atom is 0.262 e. The number of aryl methyl sites for hydroxylation is 1. The van der Waals surface area contributed by atoms with E-state index in [1.807, 2.05) is 19.1 Å². The number of carbonyl (C=O) groups is 2. The number of hydroxylamine groups is 1. The molecule has 0 aromatic heterocycles. The minimum absolute atomic E-state index is 0.220. The number of hydrogen-bond donors (Lipinski definition) is 2. The Morgan fingerprint density at radius 2 is 2.44 bits per heavy atom. The second-order valence-electron chi connectivity index (χ2n) is 3.70. The van der Waals surface area contributed by atoms with Gasteiger partial charge in [-0.3, -0.25) is 14.8 Å². The van der Waals surface area contributed by atoms with Crippen molar-refractivity contribution in [3.05, 3.63) is 34.9 Å². The molecular weight excluding hydrogens is 208 g/mol. The Hall–Kier alpha value is -1.88. The standard InChI is InChI=1S/C11H12N2O3/c1-7-2-3-9-8(4-7)5-13(11(9)15)6-10(14)12-16/h2-4,16H,5-6H2,1H3,(H,12,14)/i6T. The quantitative estimate of drug-likeness (QED) is 0.564. The molecule has 2 rings (SSSR count). The van der Waals surface area contributed by atoms with Crippen LogP contribution in [0.2, 0.25) is 0 Å². The van der Waals surface area contributed by atoms with E-state index in [4.69, 9.17) is 6.58 Å². The average Bonchev–Trinajstić information content (AvgIpc) is 2.64. The predicted molar refractivity (Wildman–Crippen MR) is 55.8 cm³/mol. The molecule has 2 amide bonds. The van der Waals surface area contributed by atoms with Gasteiger partial charge in [0.15, 0.2) is 0 Å². The lowest BCUT2D eigenvalue weighted by Gasteiger charge is -2.13. The van der Waals surface area contributed by atoms with E-state index < -0.39 is 12.4 Å².